The molecule has 0 bridgehead atoms. The third kappa shape index (κ3) is 9.37. The van der Waals surface area contributed by atoms with Gasteiger partial charge in [0.15, 0.2) is 0 Å². The normalized spacial score (nSPS) is 12.6. The Bertz CT molecular complexity index is 1280. The Balaban J connectivity index is 2.19. The number of pyridine rings is 2. The van der Waals surface area contributed by atoms with Gasteiger partial charge >= 0.3 is 42.9 Å². The van der Waals surface area contributed by atoms with Gasteiger partial charge in [0.05, 0.1) is 0 Å². The number of hydrogen-bond donors (Lipinski definition) is 0. The number of aromatic nitrogens is 2. The van der Waals surface area contributed by atoms with Crippen LogP contribution < -0.4 is 0 Å². The van der Waals surface area contributed by atoms with Crippen molar-refractivity contribution >= 4 is 31.9 Å². The minimum Gasteiger partial charge on any atom is -0.264 e. The van der Waals surface area contributed by atoms with Crippen molar-refractivity contribution < 1.29 is 52.8 Å². The minimum atomic E-state index is -6.55. The maximum absolute atomic E-state index is 13.3. The highest BCUT2D eigenvalue weighted by Gasteiger charge is 2.56. The van der Waals surface area contributed by atoms with Crippen LogP contribution in [-0.4, -0.2) is 71.3 Å². The molecule has 2 aromatic heterocycles. The summed E-state index contributed by atoms with van der Waals surface area (Å²) < 4.78 is 127. The van der Waals surface area contributed by atoms with Crippen molar-refractivity contribution in [2.24, 2.45) is 0 Å². The Morgan fingerprint density at radius 3 is 1.26 bits per heavy atom. The van der Waals surface area contributed by atoms with Crippen molar-refractivity contribution in [1.29, 1.82) is 0 Å². The smallest absolute Gasteiger partial charge is 0.264 e. The van der Waals surface area contributed by atoms with Crippen molar-refractivity contribution in [3.8, 4) is 0 Å². The highest BCUT2D eigenvalue weighted by Crippen LogP contribution is 2.30. The minimum absolute atomic E-state index is 0.0573. The average molecular weight is 647 g/mol. The van der Waals surface area contributed by atoms with Crippen LogP contribution in [0.4, 0.5) is 26.3 Å². The van der Waals surface area contributed by atoms with Crippen LogP contribution in [0.25, 0.3) is 0 Å². The van der Waals surface area contributed by atoms with Gasteiger partial charge in [0.1, 0.15) is 0 Å². The number of halogens is 6. The largest absolute Gasteiger partial charge is 0.516 e. The molecule has 2 heterocycles. The van der Waals surface area contributed by atoms with Gasteiger partial charge in [0.25, 0.3) is 0 Å². The number of amides is 2. The fraction of sp³-hybridized carbons (Fsp3) is 0.500. The summed E-state index contributed by atoms with van der Waals surface area (Å²) in [5, 5.41) is 0. The van der Waals surface area contributed by atoms with Crippen molar-refractivity contribution in [1.82, 2.24) is 18.6 Å². The zero-order chi connectivity index (χ0) is 31.6. The number of carbonyl (C=O) groups is 2. The maximum atomic E-state index is 13.3. The van der Waals surface area contributed by atoms with Gasteiger partial charge in [-0.05, 0) is 61.8 Å². The van der Waals surface area contributed by atoms with Gasteiger partial charge < -0.3 is 0 Å². The lowest BCUT2D eigenvalue weighted by atomic mass is 10.1. The van der Waals surface area contributed by atoms with E-state index >= 15 is 0 Å². The predicted octanol–water partition coefficient (Wildman–Crippen LogP) is 3.96. The van der Waals surface area contributed by atoms with E-state index in [0.29, 0.717) is 25.7 Å². The first-order chi connectivity index (χ1) is 19.5. The highest BCUT2D eigenvalue weighted by atomic mass is 32.2. The molecule has 2 rings (SSSR count). The first-order valence-electron chi connectivity index (χ1n) is 12.5. The van der Waals surface area contributed by atoms with Gasteiger partial charge in [-0.25, -0.2) is 8.61 Å². The number of nitrogens with zero attached hydrogens (tertiary/aromatic N) is 4. The number of carbonyl (C=O) groups excluding carboxylic acids is 2. The van der Waals surface area contributed by atoms with Gasteiger partial charge in [0, 0.05) is 37.9 Å². The number of aryl methyl sites for hydroxylation is 2. The lowest BCUT2D eigenvalue weighted by Crippen LogP contribution is -2.54. The average Bonchev–Trinajstić information content (AvgIpc) is 2.91. The van der Waals surface area contributed by atoms with E-state index in [0.717, 1.165) is 11.1 Å². The quantitative estimate of drug-likeness (QED) is 0.171. The molecule has 0 saturated carbocycles. The highest BCUT2D eigenvalue weighted by molar-refractivity contribution is 7.91. The topological polar surface area (TPSA) is 135 Å². The molecule has 0 aliphatic rings. The molecule has 10 nitrogen and oxygen atoms in total. The summed E-state index contributed by atoms with van der Waals surface area (Å²) in [5.74, 6) is -5.13. The van der Waals surface area contributed by atoms with E-state index in [1.54, 1.807) is 24.3 Å². The Labute approximate surface area is 238 Å². The predicted molar refractivity (Wildman–Crippen MR) is 137 cm³/mol. The van der Waals surface area contributed by atoms with Crippen molar-refractivity contribution in [3.63, 3.8) is 0 Å². The standard InChI is InChI=1S/C24H28F6N4O6S2/c25-23(26,27)41(37,38)33(15-5-1-3-9-19-11-7-13-31-17-19)21(35)22(36)34(42(39,40)24(28,29)30)16-6-2-4-10-20-12-8-14-32-18-20/h7-8,11-14,17-18H,1-6,9-10,15-16H2. The summed E-state index contributed by atoms with van der Waals surface area (Å²) in [4.78, 5) is 33.2. The molecular formula is C24H28F6N4O6S2. The van der Waals surface area contributed by atoms with E-state index in [-0.39, 0.29) is 12.8 Å². The van der Waals surface area contributed by atoms with Crippen molar-refractivity contribution in [3.05, 3.63) is 60.2 Å². The first kappa shape index (κ1) is 34.9. The van der Waals surface area contributed by atoms with Crippen molar-refractivity contribution in [2.45, 2.75) is 62.4 Å². The lowest BCUT2D eigenvalue weighted by Gasteiger charge is -2.27. The maximum Gasteiger partial charge on any atom is 0.516 e. The molecule has 0 spiro atoms. The fourth-order valence-corrected chi connectivity index (χ4v) is 5.57. The van der Waals surface area contributed by atoms with Gasteiger partial charge in [-0.1, -0.05) is 25.0 Å². The number of rotatable bonds is 14. The van der Waals surface area contributed by atoms with Crippen LogP contribution in [-0.2, 0) is 42.5 Å². The second-order valence-electron chi connectivity index (χ2n) is 9.00. The van der Waals surface area contributed by atoms with E-state index in [2.05, 4.69) is 9.97 Å². The molecule has 0 aliphatic carbocycles. The number of hydrogen-bond acceptors (Lipinski definition) is 8. The Hall–Kier alpha value is -3.28. The van der Waals surface area contributed by atoms with Crippen LogP contribution >= 0.6 is 0 Å². The molecule has 42 heavy (non-hydrogen) atoms. The van der Waals surface area contributed by atoms with E-state index in [1.165, 1.54) is 24.8 Å². The van der Waals surface area contributed by atoms with Crippen LogP contribution in [0.2, 0.25) is 0 Å². The number of unbranched alkanes of at least 4 members (excludes halogenated alkanes) is 4. The van der Waals surface area contributed by atoms with Gasteiger partial charge in [-0.15, -0.1) is 0 Å². The summed E-state index contributed by atoms with van der Waals surface area (Å²) >= 11 is 0. The summed E-state index contributed by atoms with van der Waals surface area (Å²) in [7, 11) is -13.1. The molecule has 2 aromatic rings. The molecule has 0 aliphatic heterocycles. The second-order valence-corrected chi connectivity index (χ2v) is 12.7. The van der Waals surface area contributed by atoms with Crippen LogP contribution in [0.5, 0.6) is 0 Å². The lowest BCUT2D eigenvalue weighted by molar-refractivity contribution is -0.147. The molecule has 0 atom stereocenters. The van der Waals surface area contributed by atoms with E-state index in [9.17, 15) is 52.8 Å². The van der Waals surface area contributed by atoms with Crippen molar-refractivity contribution in [2.75, 3.05) is 13.1 Å². The molecular weight excluding hydrogens is 618 g/mol. The van der Waals surface area contributed by atoms with Crippen LogP contribution in [0.15, 0.2) is 49.1 Å². The first-order valence-corrected chi connectivity index (χ1v) is 15.4. The van der Waals surface area contributed by atoms with Gasteiger partial charge in [-0.3, -0.25) is 19.6 Å². The van der Waals surface area contributed by atoms with Crippen LogP contribution in [0.3, 0.4) is 0 Å². The summed E-state index contributed by atoms with van der Waals surface area (Å²) in [6.45, 7) is -2.44. The van der Waals surface area contributed by atoms with E-state index in [1.807, 2.05) is 0 Å². The monoisotopic (exact) mass is 646 g/mol. The Kier molecular flexibility index (Phi) is 12.3. The second kappa shape index (κ2) is 14.8. The fourth-order valence-electron chi connectivity index (χ4n) is 3.74. The van der Waals surface area contributed by atoms with E-state index < -0.39 is 77.4 Å². The molecule has 0 aromatic carbocycles. The van der Waals surface area contributed by atoms with Crippen LogP contribution in [0.1, 0.15) is 49.7 Å². The van der Waals surface area contributed by atoms with Crippen LogP contribution in [0, 0.1) is 0 Å². The van der Waals surface area contributed by atoms with Gasteiger partial charge in [-0.2, -0.15) is 43.2 Å². The zero-order valence-corrected chi connectivity index (χ0v) is 23.6. The third-order valence-electron chi connectivity index (χ3n) is 5.90. The molecule has 0 saturated heterocycles. The Morgan fingerprint density at radius 1 is 0.619 bits per heavy atom. The number of alkyl halides is 6. The zero-order valence-electron chi connectivity index (χ0n) is 22.0. The van der Waals surface area contributed by atoms with Gasteiger partial charge in [0.2, 0.25) is 0 Å². The molecule has 234 valence electrons. The molecule has 2 amide bonds. The molecule has 0 fully saturated rings. The third-order valence-corrected chi connectivity index (χ3v) is 8.93. The summed E-state index contributed by atoms with van der Waals surface area (Å²) in [5.41, 5.74) is -10.7. The molecule has 0 N–H and O–H groups in total. The number of sulfonamides is 2. The van der Waals surface area contributed by atoms with E-state index in [4.69, 9.17) is 0 Å². The summed E-state index contributed by atoms with van der Waals surface area (Å²) in [6.07, 6.45) is 6.80. The Morgan fingerprint density at radius 2 is 0.976 bits per heavy atom. The summed E-state index contributed by atoms with van der Waals surface area (Å²) in [6, 6.07) is 6.70. The SMILES string of the molecule is O=C(C(=O)N(CCCCCc1cccnc1)S(=O)(=O)C(F)(F)F)N(CCCCCc1cccnc1)S(=O)(=O)C(F)(F)F. The molecule has 0 unspecified atom stereocenters. The molecule has 18 heteroatoms. The molecule has 0 radical (unpaired) electrons.